The molecule has 0 aliphatic rings. The summed E-state index contributed by atoms with van der Waals surface area (Å²) in [6, 6.07) is 53.2. The third-order valence-electron chi connectivity index (χ3n) is 13.7. The van der Waals surface area contributed by atoms with Crippen LogP contribution in [0.1, 0.15) is 35.1 Å². The molecule has 23 heteroatoms. The predicted octanol–water partition coefficient (Wildman–Crippen LogP) is 17.9. The number of aromatic nitrogens is 6. The van der Waals surface area contributed by atoms with Crippen molar-refractivity contribution >= 4 is 58.4 Å². The molecule has 0 saturated carbocycles. The standard InChI is InChI=1S/C11H10FNO.C11H12N2O.C10H8ClNO.C10H8FNO.C10H10N2O.C9H8ClN3O.C9H8N2O/c1-7-6-14-11(13)10(7)8-2-4-9(12)5-3-8;1-2-8-3-5-9(6-4-8)10-7-13-14-11(10)12;2*1-7-10(6-12-13-7)8-2-4-9(11)5-3-8;1-7-2-4-8(5-3-7)9-6-12-13-10(9)11;10-6-3-1-2-5(4-6)7-8(11)13-14-9(7)12;10-9-8(6-11-12-9)7-4-2-1-3-5-7/h2-6H,13H2,1H3;3-7H,2,12H2,1H3;2*2-6H,1H3;2-6H,11H2,1H3;1-4H,12H2,(H2,11,13);1-6H,10H2. The minimum atomic E-state index is -0.256. The molecule has 7 aromatic heterocycles. The van der Waals surface area contributed by atoms with Crippen LogP contribution in [0.5, 0.6) is 0 Å². The Kier molecular flexibility index (Phi) is 23.6. The number of hydrogen-bond donors (Lipinski definition) is 6. The summed E-state index contributed by atoms with van der Waals surface area (Å²) in [5.74, 6) is 3.00. The number of hydrogen-bond acceptors (Lipinski definition) is 19. The molecule has 0 aliphatic heterocycles. The highest BCUT2D eigenvalue weighted by Gasteiger charge is 2.14. The van der Waals surface area contributed by atoms with Crippen molar-refractivity contribution < 1.29 is 40.3 Å². The smallest absolute Gasteiger partial charge is 0.232 e. The Bertz CT molecular complexity index is 4310. The van der Waals surface area contributed by atoms with Gasteiger partial charge in [-0.25, -0.2) is 8.78 Å². The summed E-state index contributed by atoms with van der Waals surface area (Å²) in [5, 5.41) is 23.1. The first-order valence-electron chi connectivity index (χ1n) is 28.4. The fraction of sp³-hybridized carbons (Fsp3) is 0.0857. The third kappa shape index (κ3) is 18.7. The quantitative estimate of drug-likeness (QED) is 0.0823. The average molecular weight is 1290 g/mol. The summed E-state index contributed by atoms with van der Waals surface area (Å²) < 4.78 is 59.3. The lowest BCUT2D eigenvalue weighted by Crippen LogP contribution is -1.90. The van der Waals surface area contributed by atoms with Gasteiger partial charge in [0, 0.05) is 26.7 Å². The van der Waals surface area contributed by atoms with E-state index in [2.05, 4.69) is 50.0 Å². The second kappa shape index (κ2) is 32.7. The Morgan fingerprint density at radius 3 is 1.18 bits per heavy atom. The van der Waals surface area contributed by atoms with Crippen LogP contribution in [0.25, 0.3) is 77.9 Å². The second-order valence-electron chi connectivity index (χ2n) is 20.2. The molecular formula is C70H64Cl2F2N12O7. The largest absolute Gasteiger partial charge is 0.448 e. The Morgan fingerprint density at radius 2 is 0.785 bits per heavy atom. The molecule has 474 valence electrons. The van der Waals surface area contributed by atoms with Crippen LogP contribution in [0.15, 0.2) is 245 Å². The normalized spacial score (nSPS) is 10.3. The number of nitrogen functional groups attached to an aromatic ring is 6. The molecule has 0 aliphatic carbocycles. The highest BCUT2D eigenvalue weighted by molar-refractivity contribution is 6.31. The molecular weight excluding hydrogens is 1230 g/mol. The first-order chi connectivity index (χ1) is 44.9. The van der Waals surface area contributed by atoms with Gasteiger partial charge in [0.15, 0.2) is 11.7 Å². The molecule has 12 N–H and O–H groups in total. The first-order valence-corrected chi connectivity index (χ1v) is 29.2. The summed E-state index contributed by atoms with van der Waals surface area (Å²) >= 11 is 11.6. The van der Waals surface area contributed by atoms with Crippen molar-refractivity contribution in [1.82, 2.24) is 30.9 Å². The Morgan fingerprint density at radius 1 is 0.376 bits per heavy atom. The molecule has 19 nitrogen and oxygen atoms in total. The molecule has 93 heavy (non-hydrogen) atoms. The summed E-state index contributed by atoms with van der Waals surface area (Å²) in [6.45, 7) is 9.78. The van der Waals surface area contributed by atoms with Crippen LogP contribution in [-0.4, -0.2) is 30.9 Å². The zero-order chi connectivity index (χ0) is 66.4. The number of rotatable bonds is 8. The Hall–Kier alpha value is -11.7. The van der Waals surface area contributed by atoms with Crippen molar-refractivity contribution in [3.05, 3.63) is 263 Å². The van der Waals surface area contributed by atoms with E-state index in [-0.39, 0.29) is 23.3 Å². The third-order valence-corrected chi connectivity index (χ3v) is 14.2. The van der Waals surface area contributed by atoms with E-state index in [4.69, 9.17) is 89.2 Å². The maximum absolute atomic E-state index is 12.7. The fourth-order valence-corrected chi connectivity index (χ4v) is 9.09. The molecule has 0 spiro atoms. The van der Waals surface area contributed by atoms with Crippen LogP contribution in [0.4, 0.5) is 44.0 Å². The van der Waals surface area contributed by atoms with E-state index in [1.807, 2.05) is 131 Å². The summed E-state index contributed by atoms with van der Waals surface area (Å²) in [5.41, 5.74) is 49.7. The number of furan rings is 1. The van der Waals surface area contributed by atoms with Crippen molar-refractivity contribution in [2.45, 2.75) is 41.0 Å². The maximum atomic E-state index is 12.7. The lowest BCUT2D eigenvalue weighted by molar-refractivity contribution is 0.397. The van der Waals surface area contributed by atoms with Crippen LogP contribution >= 0.6 is 23.2 Å². The predicted molar refractivity (Wildman–Crippen MR) is 361 cm³/mol. The van der Waals surface area contributed by atoms with Crippen molar-refractivity contribution in [3.63, 3.8) is 0 Å². The number of benzene rings is 7. The van der Waals surface area contributed by atoms with Gasteiger partial charge in [0.25, 0.3) is 0 Å². The van der Waals surface area contributed by atoms with Gasteiger partial charge in [-0.15, -0.1) is 0 Å². The van der Waals surface area contributed by atoms with Gasteiger partial charge in [0.1, 0.15) is 23.2 Å². The van der Waals surface area contributed by atoms with Gasteiger partial charge >= 0.3 is 0 Å². The summed E-state index contributed by atoms with van der Waals surface area (Å²) in [4.78, 5) is 0. The molecule has 0 bridgehead atoms. The van der Waals surface area contributed by atoms with Crippen LogP contribution in [0.2, 0.25) is 10.0 Å². The number of nitrogens with zero attached hydrogens (tertiary/aromatic N) is 6. The molecule has 7 aromatic carbocycles. The van der Waals surface area contributed by atoms with E-state index in [1.165, 1.54) is 35.4 Å². The molecule has 0 atom stereocenters. The summed E-state index contributed by atoms with van der Waals surface area (Å²) in [7, 11) is 0. The van der Waals surface area contributed by atoms with Crippen molar-refractivity contribution in [3.8, 4) is 77.9 Å². The van der Waals surface area contributed by atoms with Crippen molar-refractivity contribution in [1.29, 1.82) is 0 Å². The van der Waals surface area contributed by atoms with Crippen molar-refractivity contribution in [2.75, 3.05) is 34.4 Å². The molecule has 14 rings (SSSR count). The molecule has 0 radical (unpaired) electrons. The van der Waals surface area contributed by atoms with E-state index in [9.17, 15) is 8.78 Å². The Labute approximate surface area is 543 Å². The van der Waals surface area contributed by atoms with E-state index >= 15 is 0 Å². The van der Waals surface area contributed by atoms with Gasteiger partial charge in [0.05, 0.1) is 59.5 Å². The molecule has 14 aromatic rings. The van der Waals surface area contributed by atoms with E-state index in [1.54, 1.807) is 73.6 Å². The highest BCUT2D eigenvalue weighted by Crippen LogP contribution is 2.34. The SMILES string of the molecule is CCc1ccc(-c2cnoc2N)cc1.Cc1ccc(-c2cnoc2N)cc1.Cc1coc(N)c1-c1ccc(F)cc1.Cc1oncc1-c1ccc(Cl)cc1.Cc1oncc1-c1ccc(F)cc1.Nc1noc(N)c1-c1cccc(Cl)c1.Nc1oncc1-c1ccccc1. The average Bonchev–Trinajstić information content (AvgIpc) is 1.83. The number of nitrogens with two attached hydrogens (primary N) is 6. The van der Waals surface area contributed by atoms with Gasteiger partial charge in [-0.2, -0.15) is 0 Å². The van der Waals surface area contributed by atoms with Crippen molar-refractivity contribution in [2.24, 2.45) is 0 Å². The monoisotopic (exact) mass is 1290 g/mol. The van der Waals surface area contributed by atoms with Crippen LogP contribution in [0.3, 0.4) is 0 Å². The van der Waals surface area contributed by atoms with E-state index < -0.39 is 0 Å². The van der Waals surface area contributed by atoms with Gasteiger partial charge in [-0.3, -0.25) is 0 Å². The first kappa shape index (κ1) is 67.3. The van der Waals surface area contributed by atoms with Gasteiger partial charge in [0.2, 0.25) is 23.5 Å². The molecule has 0 amide bonds. The topological polar surface area (TPSA) is 325 Å². The van der Waals surface area contributed by atoms with Gasteiger partial charge < -0.3 is 66.0 Å². The molecule has 7 heterocycles. The van der Waals surface area contributed by atoms with Crippen LogP contribution in [0, 0.1) is 39.3 Å². The summed E-state index contributed by atoms with van der Waals surface area (Å²) in [6.07, 6.45) is 10.8. The molecule has 0 unspecified atom stereocenters. The minimum absolute atomic E-state index is 0.199. The highest BCUT2D eigenvalue weighted by atomic mass is 35.5. The zero-order valence-electron chi connectivity index (χ0n) is 50.9. The van der Waals surface area contributed by atoms with Gasteiger partial charge in [-0.1, -0.05) is 194 Å². The lowest BCUT2D eigenvalue weighted by atomic mass is 10.0. The zero-order valence-corrected chi connectivity index (χ0v) is 52.4. The Balaban J connectivity index is 0.000000139. The number of aryl methyl sites for hydroxylation is 5. The number of anilines is 6. The number of halogens is 4. The van der Waals surface area contributed by atoms with E-state index in [0.29, 0.717) is 34.1 Å². The minimum Gasteiger partial charge on any atom is -0.448 e. The molecule has 0 saturated heterocycles. The second-order valence-corrected chi connectivity index (χ2v) is 21.1. The maximum Gasteiger partial charge on any atom is 0.232 e. The van der Waals surface area contributed by atoms with E-state index in [0.717, 1.165) is 101 Å². The fourth-order valence-electron chi connectivity index (χ4n) is 8.78. The van der Waals surface area contributed by atoms with Crippen LogP contribution in [-0.2, 0) is 6.42 Å². The lowest BCUT2D eigenvalue weighted by Gasteiger charge is -2.00. The molecule has 0 fully saturated rings. The van der Waals surface area contributed by atoms with Crippen LogP contribution < -0.4 is 34.4 Å². The van der Waals surface area contributed by atoms with Gasteiger partial charge in [-0.05, 0) is 133 Å².